The monoisotopic (exact) mass is 2100 g/mol. The van der Waals surface area contributed by atoms with E-state index in [4.69, 9.17) is 87.0 Å². The molecule has 3 aromatic carbocycles. The average Bonchev–Trinajstić information content (AvgIpc) is 0.747. The first-order chi connectivity index (χ1) is 69.0. The third-order valence-corrected chi connectivity index (χ3v) is 25.1. The van der Waals surface area contributed by atoms with Gasteiger partial charge in [-0.1, -0.05) is 75.4 Å². The molecule has 3 heterocycles. The lowest BCUT2D eigenvalue weighted by Crippen LogP contribution is -2.62. The molecule has 0 radical (unpaired) electrons. The summed E-state index contributed by atoms with van der Waals surface area (Å²) in [6.45, 7) is 14.6. The van der Waals surface area contributed by atoms with Crippen molar-refractivity contribution in [3.63, 3.8) is 0 Å². The molecule has 0 aliphatic carbocycles. The van der Waals surface area contributed by atoms with Crippen molar-refractivity contribution in [3.8, 4) is 11.5 Å². The lowest BCUT2D eigenvalue weighted by molar-refractivity contribution is -0.262. The molecule has 145 heavy (non-hydrogen) atoms. The summed E-state index contributed by atoms with van der Waals surface area (Å²) < 4.78 is 96.1. The molecule has 6 N–H and O–H groups in total. The molecule has 7 unspecified atom stereocenters. The number of nitrogens with zero attached hydrogens (tertiary/aromatic N) is 2. The topological polar surface area (TPSA) is 534 Å². The highest BCUT2D eigenvalue weighted by atomic mass is 32.9. The molecule has 8 amide bonds. The summed E-state index contributed by atoms with van der Waals surface area (Å²) in [5.41, 5.74) is 0.0526. The third kappa shape index (κ3) is 43.9. The van der Waals surface area contributed by atoms with Crippen LogP contribution in [0.25, 0.3) is 0 Å². The lowest BCUT2D eigenvalue weighted by Gasteiger charge is -2.44. The molecule has 3 fully saturated rings. The van der Waals surface area contributed by atoms with Gasteiger partial charge in [0.15, 0.2) is 18.9 Å². The Morgan fingerprint density at radius 1 is 0.407 bits per heavy atom. The van der Waals surface area contributed by atoms with Crippen LogP contribution in [-0.4, -0.2) is 296 Å². The van der Waals surface area contributed by atoms with Crippen molar-refractivity contribution < 1.29 is 162 Å². The van der Waals surface area contributed by atoms with Gasteiger partial charge in [0.05, 0.1) is 45.4 Å². The van der Waals surface area contributed by atoms with E-state index < -0.39 is 220 Å². The van der Waals surface area contributed by atoms with Crippen molar-refractivity contribution >= 4 is 134 Å². The van der Waals surface area contributed by atoms with Gasteiger partial charge < -0.3 is 117 Å². The summed E-state index contributed by atoms with van der Waals surface area (Å²) in [6, 6.07) is 20.7. The first-order valence-corrected chi connectivity index (χ1v) is 52.2. The molecule has 42 nitrogen and oxygen atoms in total. The zero-order chi connectivity index (χ0) is 107. The zero-order valence-corrected chi connectivity index (χ0v) is 87.8. The number of methoxy groups -OCH3 is 2. The second kappa shape index (κ2) is 64.8. The minimum Gasteiger partial charge on any atom is -0.497 e. The standard InChI is InChI=1S/C100H144N8O34PS2/c1-61-90(103-64(4)109)97(140-81(57-132-67(7)112)93(61)136-70(10)115)129-54-21-18-29-76(118)36-43-85(121)101-48-24-50-107(88(124)46-38-78(120)31-20-23-56-131-99-92(105-66(6)111)63(3)95(138-72(12)117)83(142-99)59-134-69(9)114)52-26-53-108(51-25-49-102-86(122)44-37-77(119)30-19-22-55-130-98-91(104-65(5)110)62(2)94(137-71(11)116)82(141-98)58-133-68(8)113)96(126)84(139-89(125)47-45-87(123)106-145(143)144)60-135-100(73-27-16-15-17-28-73,74-32-39-79(127-13)40-33-74)75-34-41-80(128-14)42-35-75/h15-17,27-28,32-35,39-42,61-63,81-84,90-95,97-99,143H,18-26,29-31,36-38,43-60H2,1-14H3,(H,101,121)(H,102,122)(H,103,109)(H,104,110)(H,105,111)(H,106,123,144)/q-1/t61-,62-,63-,81?,82?,83?,84?,90?,91?,92?,93-,94-,95-,97-,98-,99-/m1/s1. The average molecular weight is 2100 g/mol. The number of carbonyl (C=O) groups is 18. The normalized spacial score (nSPS) is 20.8. The predicted molar refractivity (Wildman–Crippen MR) is 527 cm³/mol. The molecule has 0 spiro atoms. The molecule has 6 rings (SSSR count). The SMILES string of the molecule is COc1ccc(C(OCC(OC(=O)CCC(=O)N[S-](=P)=S)C(=O)N(CCCNC(=O)CCC(=O)CCCCO[C@@H]2OC(COC(C)=O)[C@H](OC(C)=O)[C@H](C)C2NC(C)=O)CCCN(CCCNC(=O)CCC(=O)CCCCO[C@@H]2OC(COC(C)=O)[C@H](OC(C)=O)[C@H](C)C2NC(C)=O)C(=O)CCC(=O)CCCCO[C@@H]2OC(COC(C)=O)[C@H](OC(C)=O)[C@H](C)C2NC(C)=O)(c2ccccc2)c2ccc(OC)cc2)cc1. The van der Waals surface area contributed by atoms with Crippen molar-refractivity contribution in [1.82, 2.24) is 41.1 Å². The molecule has 806 valence electrons. The minimum atomic E-state index is -1.80. The molecule has 16 atom stereocenters. The van der Waals surface area contributed by atoms with Crippen LogP contribution in [0.3, 0.4) is 0 Å². The van der Waals surface area contributed by atoms with Crippen molar-refractivity contribution in [2.24, 2.45) is 17.8 Å². The number of ketones is 3. The van der Waals surface area contributed by atoms with Crippen molar-refractivity contribution in [2.45, 2.75) is 297 Å². The Morgan fingerprint density at radius 2 is 0.752 bits per heavy atom. The van der Waals surface area contributed by atoms with Crippen LogP contribution in [0.4, 0.5) is 0 Å². The van der Waals surface area contributed by atoms with Crippen LogP contribution in [0.2, 0.25) is 0 Å². The zero-order valence-electron chi connectivity index (χ0n) is 85.2. The van der Waals surface area contributed by atoms with E-state index in [1.165, 1.54) is 86.3 Å². The van der Waals surface area contributed by atoms with Gasteiger partial charge in [0.25, 0.3) is 5.91 Å². The number of ether oxygens (including phenoxy) is 16. The van der Waals surface area contributed by atoms with E-state index >= 15 is 4.79 Å². The van der Waals surface area contributed by atoms with Crippen LogP contribution < -0.4 is 40.8 Å². The summed E-state index contributed by atoms with van der Waals surface area (Å²) in [5, 5.41) is 14.1. The highest BCUT2D eigenvalue weighted by Crippen LogP contribution is 2.43. The smallest absolute Gasteiger partial charge is 0.307 e. The van der Waals surface area contributed by atoms with Crippen molar-refractivity contribution in [3.05, 3.63) is 95.6 Å². The van der Waals surface area contributed by atoms with Gasteiger partial charge in [0, 0.05) is 203 Å². The maximum Gasteiger partial charge on any atom is 0.307 e. The van der Waals surface area contributed by atoms with Crippen LogP contribution >= 0.6 is 8.02 Å². The summed E-state index contributed by atoms with van der Waals surface area (Å²) >= 11 is 5.13. The van der Waals surface area contributed by atoms with E-state index in [0.29, 0.717) is 60.3 Å². The molecule has 3 aliphatic rings. The third-order valence-electron chi connectivity index (χ3n) is 24.1. The van der Waals surface area contributed by atoms with Crippen molar-refractivity contribution in [1.29, 1.82) is 0 Å². The predicted octanol–water partition coefficient (Wildman–Crippen LogP) is 6.62. The highest BCUT2D eigenvalue weighted by molar-refractivity contribution is 8.38. The Morgan fingerprint density at radius 3 is 1.10 bits per heavy atom. The molecule has 0 saturated carbocycles. The van der Waals surface area contributed by atoms with Crippen LogP contribution in [-0.2, 0) is 178 Å². The van der Waals surface area contributed by atoms with E-state index in [9.17, 15) is 81.5 Å². The number of amides is 8. The Labute approximate surface area is 854 Å². The van der Waals surface area contributed by atoms with Gasteiger partial charge >= 0.3 is 41.8 Å². The molecule has 45 heteroatoms. The summed E-state index contributed by atoms with van der Waals surface area (Å²) in [7, 11) is 5.04. The Hall–Kier alpha value is -11.1. The molecule has 3 aliphatic heterocycles. The van der Waals surface area contributed by atoms with Gasteiger partial charge in [-0.25, -0.2) is 11.2 Å². The fourth-order valence-corrected chi connectivity index (χ4v) is 17.9. The van der Waals surface area contributed by atoms with E-state index in [-0.39, 0.29) is 180 Å². The number of hydrogen-bond donors (Lipinski definition) is 6. The van der Waals surface area contributed by atoms with Gasteiger partial charge in [-0.15, -0.1) is 0 Å². The van der Waals surface area contributed by atoms with Crippen molar-refractivity contribution in [2.75, 3.05) is 99.7 Å². The molecule has 0 bridgehead atoms. The number of nitrogens with one attached hydrogen (secondary N) is 6. The first-order valence-electron chi connectivity index (χ1n) is 48.8. The number of Topliss-reactive ketones (excluding diaryl/α,β-unsaturated/α-hetero) is 3. The van der Waals surface area contributed by atoms with E-state index in [2.05, 4.69) is 39.3 Å². The summed E-state index contributed by atoms with van der Waals surface area (Å²) in [6.07, 6.45) is -10.4. The van der Waals surface area contributed by atoms with Crippen LogP contribution in [0, 0.1) is 17.8 Å². The van der Waals surface area contributed by atoms with Gasteiger partial charge in [-0.2, -0.15) is 0 Å². The summed E-state index contributed by atoms with van der Waals surface area (Å²) in [5.74, 6) is -10.2. The van der Waals surface area contributed by atoms with Gasteiger partial charge in [-0.3, -0.25) is 103 Å². The maximum atomic E-state index is 16.0. The molecular weight excluding hydrogens is 1950 g/mol. The highest BCUT2D eigenvalue weighted by Gasteiger charge is 2.51. The Kier molecular flexibility index (Phi) is 54.8. The molecule has 0 aromatic heterocycles. The van der Waals surface area contributed by atoms with Crippen LogP contribution in [0.5, 0.6) is 11.5 Å². The van der Waals surface area contributed by atoms with Gasteiger partial charge in [-0.05, 0) is 98.7 Å². The summed E-state index contributed by atoms with van der Waals surface area (Å²) in [4.78, 5) is 238. The Balaban J connectivity index is 1.23. The lowest BCUT2D eigenvalue weighted by atomic mass is 9.80. The molecule has 3 saturated heterocycles. The second-order valence-corrected chi connectivity index (χ2v) is 39.5. The first kappa shape index (κ1) is 123. The fourth-order valence-electron chi connectivity index (χ4n) is 16.9. The quantitative estimate of drug-likeness (QED) is 0.00862. The van der Waals surface area contributed by atoms with Gasteiger partial charge in [0.1, 0.15) is 90.9 Å². The largest absolute Gasteiger partial charge is 0.497 e. The van der Waals surface area contributed by atoms with E-state index in [1.54, 1.807) is 81.4 Å². The molecule has 3 aromatic rings. The minimum absolute atomic E-state index is 0.00437. The van der Waals surface area contributed by atoms with Crippen LogP contribution in [0.1, 0.15) is 228 Å². The number of benzene rings is 3. The second-order valence-electron chi connectivity index (χ2n) is 35.7. The number of carbonyl (C=O) groups excluding carboxylic acids is 18. The van der Waals surface area contributed by atoms with E-state index in [0.717, 1.165) is 0 Å². The van der Waals surface area contributed by atoms with E-state index in [1.807, 2.05) is 18.2 Å². The van der Waals surface area contributed by atoms with Gasteiger partial charge in [0.2, 0.25) is 47.5 Å². The number of esters is 7. The van der Waals surface area contributed by atoms with Crippen LogP contribution in [0.15, 0.2) is 78.9 Å². The number of rotatable bonds is 65. The molecular formula is C100H144N8O34PS2-. The number of unbranched alkanes of at least 4 members (excludes halogenated alkanes) is 3. The Bertz CT molecular complexity index is 4780. The fraction of sp³-hybridized carbons (Fsp3) is 0.640. The number of hydrogen-bond acceptors (Lipinski definition) is 36. The maximum absolute atomic E-state index is 16.0.